The first-order valence-electron chi connectivity index (χ1n) is 23.0. The van der Waals surface area contributed by atoms with Gasteiger partial charge in [-0.05, 0) is 130 Å². The molecule has 8 heteroatoms. The summed E-state index contributed by atoms with van der Waals surface area (Å²) in [4.78, 5) is 9.52. The van der Waals surface area contributed by atoms with Crippen LogP contribution in [0.4, 0.5) is 35.9 Å². The number of aryl methyl sites for hydroxylation is 1. The first-order chi connectivity index (χ1) is 32.1. The smallest absolute Gasteiger partial charge is 0.137 e. The van der Waals surface area contributed by atoms with Crippen LogP contribution in [0.25, 0.3) is 49.9 Å². The van der Waals surface area contributed by atoms with Gasteiger partial charge in [0.05, 0.1) is 28.0 Å². The second kappa shape index (κ2) is 16.8. The Kier molecular flexibility index (Phi) is 10.9. The van der Waals surface area contributed by atoms with E-state index in [2.05, 4.69) is 173 Å². The van der Waals surface area contributed by atoms with E-state index in [0.29, 0.717) is 23.7 Å². The summed E-state index contributed by atoms with van der Waals surface area (Å²) in [6.45, 7) is 17.6. The van der Waals surface area contributed by atoms with E-state index >= 15 is 8.78 Å². The molecule has 0 unspecified atom stereocenters. The summed E-state index contributed by atoms with van der Waals surface area (Å²) in [6, 6.07) is 47.4. The molecule has 1 aliphatic heterocycles. The van der Waals surface area contributed by atoms with E-state index in [-0.39, 0.29) is 22.8 Å². The Morgan fingerprint density at radius 3 is 1.93 bits per heavy atom. The molecule has 0 amide bonds. The van der Waals surface area contributed by atoms with E-state index < -0.39 is 17.5 Å². The number of ether oxygens (including phenoxy) is 1. The standard InChI is InChI=1S/C59H53F3N4O/c1-35(2)48-27-39(57-50(61)30-41(60)31-51(57)62)28-49(36(3)4)58(48)65-34-64(53-19-13-14-20-54(53)65)42-25-38(45-16-10-9-15-37(45)5)26-44(32-42)67-43-21-22-47-46-17-11-12-18-52(46)66(55(47)33-43)56-29-40(23-24-63-56)59(6,7)8/h9-33,35-36H,34H2,1-8H3. The van der Waals surface area contributed by atoms with E-state index in [1.54, 1.807) is 0 Å². The highest BCUT2D eigenvalue weighted by Crippen LogP contribution is 2.51. The van der Waals surface area contributed by atoms with Crippen LogP contribution < -0.4 is 14.5 Å². The van der Waals surface area contributed by atoms with E-state index in [1.807, 2.05) is 36.5 Å². The van der Waals surface area contributed by atoms with Gasteiger partial charge in [-0.1, -0.05) is 103 Å². The van der Waals surface area contributed by atoms with Gasteiger partial charge in [-0.2, -0.15) is 0 Å². The van der Waals surface area contributed by atoms with Crippen molar-refractivity contribution >= 4 is 44.6 Å². The maximum atomic E-state index is 15.4. The molecule has 3 heterocycles. The van der Waals surface area contributed by atoms with Crippen molar-refractivity contribution in [1.29, 1.82) is 0 Å². The lowest BCUT2D eigenvalue weighted by atomic mass is 9.87. The Morgan fingerprint density at radius 2 is 1.24 bits per heavy atom. The van der Waals surface area contributed by atoms with Gasteiger partial charge in [-0.25, -0.2) is 18.2 Å². The van der Waals surface area contributed by atoms with Crippen LogP contribution in [0.2, 0.25) is 0 Å². The molecule has 2 aromatic heterocycles. The molecule has 0 bridgehead atoms. The Morgan fingerprint density at radius 1 is 0.597 bits per heavy atom. The highest BCUT2D eigenvalue weighted by molar-refractivity contribution is 6.09. The monoisotopic (exact) mass is 890 g/mol. The molecule has 0 spiro atoms. The number of nitrogens with zero attached hydrogens (tertiary/aromatic N) is 4. The first-order valence-corrected chi connectivity index (χ1v) is 23.0. The molecular formula is C59H53F3N4O. The zero-order valence-electron chi connectivity index (χ0n) is 39.1. The number of benzene rings is 7. The normalized spacial score (nSPS) is 12.9. The molecule has 0 aliphatic carbocycles. The van der Waals surface area contributed by atoms with E-state index in [9.17, 15) is 4.39 Å². The van der Waals surface area contributed by atoms with Crippen LogP contribution in [-0.4, -0.2) is 16.2 Å². The fraction of sp³-hybridized carbons (Fsp3) is 0.203. The first kappa shape index (κ1) is 43.6. The summed E-state index contributed by atoms with van der Waals surface area (Å²) in [6.07, 6.45) is 1.89. The van der Waals surface area contributed by atoms with Crippen LogP contribution in [0.1, 0.15) is 82.6 Å². The number of fused-ring (bicyclic) bond motifs is 4. The summed E-state index contributed by atoms with van der Waals surface area (Å²) in [5.41, 5.74) is 12.4. The quantitative estimate of drug-likeness (QED) is 0.145. The van der Waals surface area contributed by atoms with Gasteiger partial charge in [0.2, 0.25) is 0 Å². The van der Waals surface area contributed by atoms with Crippen molar-refractivity contribution in [2.75, 3.05) is 16.5 Å². The summed E-state index contributed by atoms with van der Waals surface area (Å²) in [5, 5.41) is 2.25. The Labute approximate surface area is 390 Å². The molecule has 0 saturated heterocycles. The van der Waals surface area contributed by atoms with Gasteiger partial charge in [0.1, 0.15) is 41.4 Å². The Bertz CT molecular complexity index is 3330. The van der Waals surface area contributed by atoms with Crippen LogP contribution >= 0.6 is 0 Å². The van der Waals surface area contributed by atoms with Crippen molar-refractivity contribution in [1.82, 2.24) is 9.55 Å². The van der Waals surface area contributed by atoms with Crippen molar-refractivity contribution in [3.05, 3.63) is 191 Å². The number of hydrogen-bond donors (Lipinski definition) is 0. The van der Waals surface area contributed by atoms with Crippen LogP contribution in [0.5, 0.6) is 11.5 Å². The minimum Gasteiger partial charge on any atom is -0.457 e. The molecule has 0 atom stereocenters. The summed E-state index contributed by atoms with van der Waals surface area (Å²) < 4.78 is 54.1. The molecule has 1 aliphatic rings. The van der Waals surface area contributed by atoms with Gasteiger partial charge in [0.25, 0.3) is 0 Å². The van der Waals surface area contributed by atoms with E-state index in [0.717, 1.165) is 90.3 Å². The zero-order valence-corrected chi connectivity index (χ0v) is 39.1. The van der Waals surface area contributed by atoms with Gasteiger partial charge in [-0.3, -0.25) is 4.57 Å². The predicted octanol–water partition coefficient (Wildman–Crippen LogP) is 16.8. The fourth-order valence-electron chi connectivity index (χ4n) is 9.71. The molecule has 336 valence electrons. The molecule has 0 fully saturated rings. The Hall–Kier alpha value is -7.32. The number of aromatic nitrogens is 2. The van der Waals surface area contributed by atoms with Crippen LogP contribution in [0, 0.1) is 24.4 Å². The van der Waals surface area contributed by atoms with Gasteiger partial charge in [0.15, 0.2) is 0 Å². The zero-order chi connectivity index (χ0) is 46.9. The molecule has 9 aromatic rings. The average Bonchev–Trinajstić information content (AvgIpc) is 3.84. The number of pyridine rings is 1. The molecule has 5 nitrogen and oxygen atoms in total. The third kappa shape index (κ3) is 7.88. The lowest BCUT2D eigenvalue weighted by Crippen LogP contribution is -2.26. The van der Waals surface area contributed by atoms with Crippen molar-refractivity contribution in [3.63, 3.8) is 0 Å². The van der Waals surface area contributed by atoms with Crippen molar-refractivity contribution in [2.24, 2.45) is 0 Å². The summed E-state index contributed by atoms with van der Waals surface area (Å²) in [7, 11) is 0. The minimum atomic E-state index is -0.947. The van der Waals surface area contributed by atoms with E-state index in [4.69, 9.17) is 9.72 Å². The van der Waals surface area contributed by atoms with Crippen molar-refractivity contribution in [3.8, 4) is 39.6 Å². The summed E-state index contributed by atoms with van der Waals surface area (Å²) in [5.74, 6) is -0.608. The minimum absolute atomic E-state index is 0.0149. The van der Waals surface area contributed by atoms with Gasteiger partial charge >= 0.3 is 0 Å². The highest BCUT2D eigenvalue weighted by atomic mass is 19.1. The average molecular weight is 891 g/mol. The van der Waals surface area contributed by atoms with Crippen LogP contribution in [-0.2, 0) is 5.41 Å². The molecule has 0 saturated carbocycles. The molecule has 7 aromatic carbocycles. The maximum absolute atomic E-state index is 15.4. The van der Waals surface area contributed by atoms with Gasteiger partial charge in [0, 0.05) is 52.6 Å². The third-order valence-corrected chi connectivity index (χ3v) is 13.1. The SMILES string of the molecule is Cc1ccccc1-c1cc(Oc2ccc3c4ccccc4n(-c4cc(C(C)(C)C)ccn4)c3c2)cc(N2CN(c3c(C(C)C)cc(-c4c(F)cc(F)cc4F)cc3C(C)C)c3ccccc32)c1. The van der Waals surface area contributed by atoms with Gasteiger partial charge in [-0.15, -0.1) is 0 Å². The topological polar surface area (TPSA) is 33.5 Å². The predicted molar refractivity (Wildman–Crippen MR) is 269 cm³/mol. The third-order valence-electron chi connectivity index (χ3n) is 13.1. The van der Waals surface area contributed by atoms with Crippen LogP contribution in [0.3, 0.4) is 0 Å². The second-order valence-corrected chi connectivity index (χ2v) is 19.4. The molecule has 10 rings (SSSR count). The number of halogens is 3. The van der Waals surface area contributed by atoms with Gasteiger partial charge < -0.3 is 14.5 Å². The Balaban J connectivity index is 1.10. The molecule has 67 heavy (non-hydrogen) atoms. The lowest BCUT2D eigenvalue weighted by molar-refractivity contribution is 0.483. The van der Waals surface area contributed by atoms with Crippen LogP contribution in [0.15, 0.2) is 152 Å². The largest absolute Gasteiger partial charge is 0.457 e. The molecule has 0 radical (unpaired) electrons. The lowest BCUT2D eigenvalue weighted by Gasteiger charge is -2.30. The fourth-order valence-corrected chi connectivity index (χ4v) is 9.71. The molecular weight excluding hydrogens is 838 g/mol. The van der Waals surface area contributed by atoms with Crippen molar-refractivity contribution < 1.29 is 17.9 Å². The summed E-state index contributed by atoms with van der Waals surface area (Å²) >= 11 is 0. The van der Waals surface area contributed by atoms with Crippen molar-refractivity contribution in [2.45, 2.75) is 72.6 Å². The second-order valence-electron chi connectivity index (χ2n) is 19.4. The van der Waals surface area contributed by atoms with E-state index in [1.165, 1.54) is 5.56 Å². The number of rotatable bonds is 9. The highest BCUT2D eigenvalue weighted by Gasteiger charge is 2.33. The number of para-hydroxylation sites is 3. The number of anilines is 4. The maximum Gasteiger partial charge on any atom is 0.137 e. The number of hydrogen-bond acceptors (Lipinski definition) is 4. The molecule has 0 N–H and O–H groups in total.